The molecule has 108 valence electrons. The molecule has 19 heavy (non-hydrogen) atoms. The first-order valence-electron chi connectivity index (χ1n) is 6.20. The lowest BCUT2D eigenvalue weighted by Gasteiger charge is -2.17. The van der Waals surface area contributed by atoms with Crippen molar-refractivity contribution in [2.24, 2.45) is 0 Å². The molecule has 2 heterocycles. The van der Waals surface area contributed by atoms with Crippen molar-refractivity contribution in [2.75, 3.05) is 24.3 Å². The Kier molecular flexibility index (Phi) is 3.73. The van der Waals surface area contributed by atoms with Crippen LogP contribution in [0.1, 0.15) is 25.1 Å². The molecule has 1 saturated heterocycles. The molecule has 0 spiro atoms. The largest absolute Gasteiger partial charge is 0.393 e. The maximum Gasteiger partial charge on any atom is 0.290 e. The average molecular weight is 289 g/mol. The van der Waals surface area contributed by atoms with Crippen LogP contribution in [0, 0.1) is 0 Å². The molecule has 0 aromatic carbocycles. The predicted octanol–water partition coefficient (Wildman–Crippen LogP) is -0.242. The fourth-order valence-corrected chi connectivity index (χ4v) is 4.28. The Labute approximate surface area is 111 Å². The van der Waals surface area contributed by atoms with E-state index in [0.717, 1.165) is 0 Å². The molecule has 1 aliphatic heterocycles. The number of hydrogen-bond donors (Lipinski definition) is 1. The van der Waals surface area contributed by atoms with Gasteiger partial charge in [-0.1, -0.05) is 0 Å². The van der Waals surface area contributed by atoms with Crippen LogP contribution < -0.4 is 11.3 Å². The maximum atomic E-state index is 12.2. The van der Waals surface area contributed by atoms with Crippen LogP contribution in [0.2, 0.25) is 0 Å². The first kappa shape index (κ1) is 14.1. The molecule has 0 saturated carbocycles. The summed E-state index contributed by atoms with van der Waals surface area (Å²) < 4.78 is 31.4. The van der Waals surface area contributed by atoms with Gasteiger partial charge in [-0.05, 0) is 13.3 Å². The van der Waals surface area contributed by atoms with Gasteiger partial charge in [0.25, 0.3) is 5.56 Å². The third-order valence-electron chi connectivity index (χ3n) is 3.46. The lowest BCUT2D eigenvalue weighted by atomic mass is 10.3. The van der Waals surface area contributed by atoms with Crippen molar-refractivity contribution in [3.8, 4) is 0 Å². The van der Waals surface area contributed by atoms with Gasteiger partial charge in [-0.2, -0.15) is 0 Å². The third-order valence-corrected chi connectivity index (χ3v) is 5.21. The van der Waals surface area contributed by atoms with Crippen LogP contribution in [-0.4, -0.2) is 36.4 Å². The fraction of sp³-hybridized carbons (Fsp3) is 0.727. The lowest BCUT2D eigenvalue weighted by molar-refractivity contribution is 0.174. The molecule has 2 N–H and O–H groups in total. The Hall–Kier alpha value is -1.28. The molecule has 0 amide bonds. The average Bonchev–Trinajstić information content (AvgIpc) is 2.81. The zero-order chi connectivity index (χ0) is 14.2. The van der Waals surface area contributed by atoms with Gasteiger partial charge in [-0.15, -0.1) is 0 Å². The number of methoxy groups -OCH3 is 1. The Morgan fingerprint density at radius 3 is 2.63 bits per heavy atom. The van der Waals surface area contributed by atoms with Crippen LogP contribution in [0.25, 0.3) is 0 Å². The van der Waals surface area contributed by atoms with Gasteiger partial charge in [0.15, 0.2) is 9.84 Å². The number of aromatic nitrogens is 2. The van der Waals surface area contributed by atoms with Crippen LogP contribution >= 0.6 is 0 Å². The smallest absolute Gasteiger partial charge is 0.290 e. The predicted molar refractivity (Wildman–Crippen MR) is 71.8 cm³/mol. The molecule has 0 bridgehead atoms. The van der Waals surface area contributed by atoms with E-state index in [2.05, 4.69) is 0 Å². The summed E-state index contributed by atoms with van der Waals surface area (Å²) in [6, 6.07) is -0.328. The van der Waals surface area contributed by atoms with E-state index in [-0.39, 0.29) is 35.4 Å². The highest BCUT2D eigenvalue weighted by molar-refractivity contribution is 7.91. The summed E-state index contributed by atoms with van der Waals surface area (Å²) in [7, 11) is -1.52. The molecule has 1 aliphatic rings. The molecular formula is C11H19N3O4S. The van der Waals surface area contributed by atoms with E-state index in [1.165, 1.54) is 11.8 Å². The Morgan fingerprint density at radius 1 is 1.47 bits per heavy atom. The van der Waals surface area contributed by atoms with Crippen LogP contribution in [0.15, 0.2) is 4.79 Å². The van der Waals surface area contributed by atoms with Gasteiger partial charge in [0.1, 0.15) is 5.69 Å². The number of anilines is 1. The second-order valence-electron chi connectivity index (χ2n) is 4.72. The SMILES string of the molecule is CCn1c(COC)c(N)c(=O)n1C1CCS(=O)(=O)C1. The summed E-state index contributed by atoms with van der Waals surface area (Å²) >= 11 is 0. The van der Waals surface area contributed by atoms with E-state index in [0.29, 0.717) is 18.7 Å². The minimum absolute atomic E-state index is 0.00276. The Bertz CT molecular complexity index is 629. The standard InChI is InChI=1S/C11H19N3O4S/c1-3-13-9(6-18-2)10(12)11(15)14(13)8-4-5-19(16,17)7-8/h8H,3-7,12H2,1-2H3. The summed E-state index contributed by atoms with van der Waals surface area (Å²) in [5, 5.41) is 0. The second kappa shape index (κ2) is 5.01. The normalized spacial score (nSPS) is 21.9. The molecule has 0 aliphatic carbocycles. The third kappa shape index (κ3) is 2.42. The van der Waals surface area contributed by atoms with Crippen LogP contribution in [0.3, 0.4) is 0 Å². The highest BCUT2D eigenvalue weighted by atomic mass is 32.2. The van der Waals surface area contributed by atoms with Crippen molar-refractivity contribution in [1.82, 2.24) is 9.36 Å². The van der Waals surface area contributed by atoms with Crippen molar-refractivity contribution < 1.29 is 13.2 Å². The molecule has 7 nitrogen and oxygen atoms in total. The van der Waals surface area contributed by atoms with Crippen LogP contribution in [0.4, 0.5) is 5.69 Å². The zero-order valence-corrected chi connectivity index (χ0v) is 11.9. The summed E-state index contributed by atoms with van der Waals surface area (Å²) in [5.74, 6) is 0.126. The van der Waals surface area contributed by atoms with Gasteiger partial charge >= 0.3 is 0 Å². The number of rotatable bonds is 4. The topological polar surface area (TPSA) is 96.3 Å². The first-order valence-corrected chi connectivity index (χ1v) is 8.02. The summed E-state index contributed by atoms with van der Waals surface area (Å²) in [4.78, 5) is 12.2. The van der Waals surface area contributed by atoms with Gasteiger partial charge < -0.3 is 10.5 Å². The summed E-state index contributed by atoms with van der Waals surface area (Å²) in [5.41, 5.74) is 6.25. The second-order valence-corrected chi connectivity index (χ2v) is 6.94. The monoisotopic (exact) mass is 289 g/mol. The van der Waals surface area contributed by atoms with E-state index in [1.54, 1.807) is 4.68 Å². The van der Waals surface area contributed by atoms with Crippen molar-refractivity contribution in [3.63, 3.8) is 0 Å². The zero-order valence-electron chi connectivity index (χ0n) is 11.1. The molecule has 1 aromatic heterocycles. The van der Waals surface area contributed by atoms with Crippen molar-refractivity contribution in [1.29, 1.82) is 0 Å². The number of ether oxygens (including phenoxy) is 1. The van der Waals surface area contributed by atoms with E-state index in [1.807, 2.05) is 6.92 Å². The van der Waals surface area contributed by atoms with Gasteiger partial charge in [0.05, 0.1) is 29.8 Å². The van der Waals surface area contributed by atoms with Gasteiger partial charge in [-0.25, -0.2) is 13.1 Å². The van der Waals surface area contributed by atoms with E-state index >= 15 is 0 Å². The maximum absolute atomic E-state index is 12.2. The molecule has 0 radical (unpaired) electrons. The molecule has 1 unspecified atom stereocenters. The van der Waals surface area contributed by atoms with Crippen molar-refractivity contribution in [2.45, 2.75) is 32.5 Å². The van der Waals surface area contributed by atoms with Crippen molar-refractivity contribution in [3.05, 3.63) is 16.0 Å². The summed E-state index contributed by atoms with van der Waals surface area (Å²) in [6.07, 6.45) is 0.456. The Morgan fingerprint density at radius 2 is 2.16 bits per heavy atom. The van der Waals surface area contributed by atoms with E-state index in [9.17, 15) is 13.2 Å². The minimum atomic E-state index is -3.05. The number of hydrogen-bond acceptors (Lipinski definition) is 5. The molecule has 1 fully saturated rings. The number of sulfone groups is 1. The highest BCUT2D eigenvalue weighted by Gasteiger charge is 2.33. The molecule has 2 rings (SSSR count). The van der Waals surface area contributed by atoms with Gasteiger partial charge in [0, 0.05) is 13.7 Å². The van der Waals surface area contributed by atoms with E-state index in [4.69, 9.17) is 10.5 Å². The van der Waals surface area contributed by atoms with Crippen LogP contribution in [-0.2, 0) is 27.7 Å². The van der Waals surface area contributed by atoms with E-state index < -0.39 is 9.84 Å². The molecule has 1 atom stereocenters. The number of nitrogens with zero attached hydrogens (tertiary/aromatic N) is 2. The fourth-order valence-electron chi connectivity index (χ4n) is 2.59. The lowest BCUT2D eigenvalue weighted by Crippen LogP contribution is -2.29. The molecule has 1 aromatic rings. The first-order chi connectivity index (χ1) is 8.91. The number of nitrogen functional groups attached to an aromatic ring is 1. The van der Waals surface area contributed by atoms with Crippen LogP contribution in [0.5, 0.6) is 0 Å². The van der Waals surface area contributed by atoms with Gasteiger partial charge in [-0.3, -0.25) is 9.48 Å². The summed E-state index contributed by atoms with van der Waals surface area (Å²) in [6.45, 7) is 2.67. The minimum Gasteiger partial charge on any atom is -0.393 e. The van der Waals surface area contributed by atoms with Gasteiger partial charge in [0.2, 0.25) is 0 Å². The Balaban J connectivity index is 2.52. The quantitative estimate of drug-likeness (QED) is 0.825. The molecule has 8 heteroatoms. The number of nitrogens with two attached hydrogens (primary N) is 1. The molecular weight excluding hydrogens is 270 g/mol. The van der Waals surface area contributed by atoms with Crippen molar-refractivity contribution >= 4 is 15.5 Å². The highest BCUT2D eigenvalue weighted by Crippen LogP contribution is 2.24.